The molecule has 57 heavy (non-hydrogen) atoms. The van der Waals surface area contributed by atoms with E-state index in [4.69, 9.17) is 43.1 Å². The van der Waals surface area contributed by atoms with Crippen molar-refractivity contribution >= 4 is 58.6 Å². The van der Waals surface area contributed by atoms with Gasteiger partial charge in [0, 0.05) is 53.6 Å². The summed E-state index contributed by atoms with van der Waals surface area (Å²) in [6.45, 7) is 3.14. The first kappa shape index (κ1) is 39.6. The fourth-order valence-electron chi connectivity index (χ4n) is 7.17. The number of hydrogen-bond donors (Lipinski definition) is 2. The molecule has 2 saturated heterocycles. The summed E-state index contributed by atoms with van der Waals surface area (Å²) < 4.78 is 33.5. The number of anilines is 1. The summed E-state index contributed by atoms with van der Waals surface area (Å²) in [6, 6.07) is 7.96. The fourth-order valence-corrected chi connectivity index (χ4v) is 7.85. The van der Waals surface area contributed by atoms with Gasteiger partial charge in [-0.3, -0.25) is 38.9 Å². The monoisotopic (exact) mass is 821 g/mol. The summed E-state index contributed by atoms with van der Waals surface area (Å²) in [5.74, 6) is -2.46. The van der Waals surface area contributed by atoms with Gasteiger partial charge in [0.25, 0.3) is 11.8 Å². The van der Waals surface area contributed by atoms with Crippen LogP contribution in [0.3, 0.4) is 0 Å². The Balaban J connectivity index is 0.851. The SMILES string of the molecule is C[C@@H](Oc1cc(-c2cnn(C3CCN(C(=O)CCOCCOc4cccc5c4C(=O)N(C4CCC(=O)NC4=O)C5=O)CC3)c2)cnc1N)c1c(Cl)ccc(F)c1Cl. The van der Waals surface area contributed by atoms with Gasteiger partial charge in [-0.2, -0.15) is 5.10 Å². The first-order chi connectivity index (χ1) is 27.4. The number of nitrogens with zero attached hydrogens (tertiary/aromatic N) is 5. The molecule has 18 heteroatoms. The summed E-state index contributed by atoms with van der Waals surface area (Å²) in [5, 5.41) is 6.89. The molecule has 5 amide bonds. The molecule has 0 spiro atoms. The molecule has 2 aromatic carbocycles. The fraction of sp³-hybridized carbons (Fsp3) is 0.359. The molecule has 2 aromatic heterocycles. The number of likely N-dealkylation sites (tertiary alicyclic amines) is 1. The number of nitrogens with two attached hydrogens (primary N) is 1. The Kier molecular flexibility index (Phi) is 11.7. The minimum atomic E-state index is -1.07. The number of piperidine rings is 2. The van der Waals surface area contributed by atoms with E-state index in [-0.39, 0.29) is 89.5 Å². The van der Waals surface area contributed by atoms with E-state index >= 15 is 0 Å². The van der Waals surface area contributed by atoms with Gasteiger partial charge < -0.3 is 24.8 Å². The number of halogens is 3. The van der Waals surface area contributed by atoms with E-state index in [0.717, 1.165) is 10.5 Å². The van der Waals surface area contributed by atoms with E-state index in [1.54, 1.807) is 42.4 Å². The largest absolute Gasteiger partial charge is 0.490 e. The minimum Gasteiger partial charge on any atom is -0.490 e. The summed E-state index contributed by atoms with van der Waals surface area (Å²) in [6.07, 6.45) is 6.18. The molecular weight excluding hydrogens is 784 g/mol. The Labute approximate surface area is 336 Å². The third-order valence-corrected chi connectivity index (χ3v) is 10.9. The highest BCUT2D eigenvalue weighted by molar-refractivity contribution is 6.36. The molecule has 0 saturated carbocycles. The average molecular weight is 823 g/mol. The van der Waals surface area contributed by atoms with Crippen LogP contribution in [0.2, 0.25) is 10.0 Å². The van der Waals surface area contributed by atoms with Gasteiger partial charge >= 0.3 is 0 Å². The maximum Gasteiger partial charge on any atom is 0.266 e. The van der Waals surface area contributed by atoms with E-state index in [1.165, 1.54) is 18.2 Å². The van der Waals surface area contributed by atoms with Crippen molar-refractivity contribution in [2.75, 3.05) is 38.6 Å². The topological polar surface area (TPSA) is 188 Å². The van der Waals surface area contributed by atoms with Crippen LogP contribution in [0.25, 0.3) is 11.1 Å². The number of nitrogen functional groups attached to an aromatic ring is 1. The molecule has 3 N–H and O–H groups in total. The molecule has 1 unspecified atom stereocenters. The van der Waals surface area contributed by atoms with Crippen LogP contribution < -0.4 is 20.5 Å². The number of pyridine rings is 1. The van der Waals surface area contributed by atoms with Crippen LogP contribution in [0, 0.1) is 5.82 Å². The lowest BCUT2D eigenvalue weighted by atomic mass is 10.0. The van der Waals surface area contributed by atoms with Crippen LogP contribution in [-0.4, -0.2) is 93.1 Å². The number of fused-ring (bicyclic) bond motifs is 1. The lowest BCUT2D eigenvalue weighted by Gasteiger charge is -2.32. The number of hydrogen-bond acceptors (Lipinski definition) is 11. The summed E-state index contributed by atoms with van der Waals surface area (Å²) in [7, 11) is 0. The molecule has 4 aromatic rings. The van der Waals surface area contributed by atoms with Crippen LogP contribution in [0.4, 0.5) is 10.2 Å². The summed E-state index contributed by atoms with van der Waals surface area (Å²) >= 11 is 12.5. The lowest BCUT2D eigenvalue weighted by Crippen LogP contribution is -2.54. The Morgan fingerprint density at radius 3 is 2.56 bits per heavy atom. The second kappa shape index (κ2) is 16.9. The molecule has 2 fully saturated rings. The number of imide groups is 2. The van der Waals surface area contributed by atoms with Crippen molar-refractivity contribution in [1.29, 1.82) is 0 Å². The number of carbonyl (C=O) groups is 5. The van der Waals surface area contributed by atoms with Crippen molar-refractivity contribution in [3.8, 4) is 22.6 Å². The molecule has 3 aliphatic heterocycles. The van der Waals surface area contributed by atoms with Crippen molar-refractivity contribution in [3.05, 3.63) is 87.5 Å². The normalized spacial score (nSPS) is 17.8. The zero-order chi connectivity index (χ0) is 40.4. The van der Waals surface area contributed by atoms with Crippen LogP contribution >= 0.6 is 23.2 Å². The quantitative estimate of drug-likeness (QED) is 0.103. The molecule has 15 nitrogen and oxygen atoms in total. The van der Waals surface area contributed by atoms with Gasteiger partial charge in [-0.1, -0.05) is 29.3 Å². The molecule has 0 bridgehead atoms. The number of amides is 5. The van der Waals surface area contributed by atoms with Crippen LogP contribution in [0.5, 0.6) is 11.5 Å². The highest BCUT2D eigenvalue weighted by atomic mass is 35.5. The summed E-state index contributed by atoms with van der Waals surface area (Å²) in [5.41, 5.74) is 8.08. The molecule has 2 atom stereocenters. The molecule has 3 aliphatic rings. The van der Waals surface area contributed by atoms with E-state index in [0.29, 0.717) is 37.1 Å². The van der Waals surface area contributed by atoms with E-state index in [9.17, 15) is 28.4 Å². The van der Waals surface area contributed by atoms with Gasteiger partial charge in [0.2, 0.25) is 17.7 Å². The summed E-state index contributed by atoms with van der Waals surface area (Å²) in [4.78, 5) is 70.2. The van der Waals surface area contributed by atoms with Gasteiger partial charge in [-0.05, 0) is 56.5 Å². The maximum atomic E-state index is 14.1. The molecule has 7 rings (SSSR count). The maximum absolute atomic E-state index is 14.1. The molecule has 0 aliphatic carbocycles. The molecular formula is C39H38Cl2FN7O8. The number of rotatable bonds is 13. The van der Waals surface area contributed by atoms with Crippen molar-refractivity contribution in [2.24, 2.45) is 0 Å². The van der Waals surface area contributed by atoms with Crippen molar-refractivity contribution in [2.45, 2.75) is 57.2 Å². The second-order valence-corrected chi connectivity index (χ2v) is 14.6. The number of carbonyl (C=O) groups excluding carboxylic acids is 5. The number of benzene rings is 2. The van der Waals surface area contributed by atoms with Gasteiger partial charge in [0.05, 0.1) is 48.0 Å². The Bertz CT molecular complexity index is 2250. The van der Waals surface area contributed by atoms with Crippen molar-refractivity contribution < 1.29 is 42.6 Å². The van der Waals surface area contributed by atoms with E-state index in [1.807, 2.05) is 10.9 Å². The molecule has 0 radical (unpaired) electrons. The highest BCUT2D eigenvalue weighted by Gasteiger charge is 2.46. The first-order valence-corrected chi connectivity index (χ1v) is 19.1. The van der Waals surface area contributed by atoms with Crippen molar-refractivity contribution in [3.63, 3.8) is 0 Å². The Morgan fingerprint density at radius 1 is 1.00 bits per heavy atom. The van der Waals surface area contributed by atoms with Gasteiger partial charge in [-0.15, -0.1) is 0 Å². The molecule has 298 valence electrons. The zero-order valence-electron chi connectivity index (χ0n) is 30.7. The Morgan fingerprint density at radius 2 is 1.79 bits per heavy atom. The lowest BCUT2D eigenvalue weighted by molar-refractivity contribution is -0.136. The first-order valence-electron chi connectivity index (χ1n) is 18.3. The number of aromatic nitrogens is 3. The third-order valence-electron chi connectivity index (χ3n) is 10.2. The van der Waals surface area contributed by atoms with Gasteiger partial charge in [0.1, 0.15) is 30.3 Å². The van der Waals surface area contributed by atoms with E-state index < -0.39 is 41.6 Å². The van der Waals surface area contributed by atoms with Crippen molar-refractivity contribution in [1.82, 2.24) is 29.9 Å². The third kappa shape index (κ3) is 8.29. The smallest absolute Gasteiger partial charge is 0.266 e. The highest BCUT2D eigenvalue weighted by Crippen LogP contribution is 2.38. The van der Waals surface area contributed by atoms with Gasteiger partial charge in [-0.25, -0.2) is 9.37 Å². The van der Waals surface area contributed by atoms with Crippen LogP contribution in [0.15, 0.2) is 55.0 Å². The molecule has 5 heterocycles. The average Bonchev–Trinajstić information content (AvgIpc) is 3.79. The minimum absolute atomic E-state index is 0.0247. The zero-order valence-corrected chi connectivity index (χ0v) is 32.2. The van der Waals surface area contributed by atoms with E-state index in [2.05, 4.69) is 15.4 Å². The predicted octanol–water partition coefficient (Wildman–Crippen LogP) is 5.16. The number of ether oxygens (including phenoxy) is 3. The number of nitrogens with one attached hydrogen (secondary N) is 1. The second-order valence-electron chi connectivity index (χ2n) is 13.8. The standard InChI is InChI=1S/C39H38Cl2FN7O8/c1-21(33-26(40)5-6-27(42)35(33)41)57-30-17-22(18-44-36(30)43)23-19-45-48(20-23)24-9-12-47(13-10-24)32(51)11-14-55-15-16-56-29-4-2-3-25-34(29)39(54)49(38(25)53)28-7-8-31(50)46-37(28)52/h2-6,17-21,24,28H,7-16H2,1H3,(H2,43,44)(H,46,50,52)/t21-,28?/m1/s1. The van der Waals surface area contributed by atoms with Gasteiger partial charge in [0.15, 0.2) is 11.6 Å². The Hall–Kier alpha value is -5.58. The van der Waals surface area contributed by atoms with Crippen LogP contribution in [-0.2, 0) is 19.1 Å². The van der Waals surface area contributed by atoms with Crippen LogP contribution in [0.1, 0.15) is 77.5 Å². The predicted molar refractivity (Wildman–Crippen MR) is 204 cm³/mol.